The highest BCUT2D eigenvalue weighted by atomic mass is 79.9. The van der Waals surface area contributed by atoms with Crippen LogP contribution in [0, 0.1) is 17.8 Å². The molecular weight excluding hydrogens is 582 g/mol. The molecule has 2 N–H and O–H groups in total. The molecule has 10 nitrogen and oxygen atoms in total. The zero-order chi connectivity index (χ0) is 29.2. The molecule has 4 rings (SSSR count). The zero-order valence-electron chi connectivity index (χ0n) is 23.8. The largest absolute Gasteiger partial charge is 0.460 e. The molecule has 0 radical (unpaired) electrons. The van der Waals surface area contributed by atoms with Gasteiger partial charge in [0.25, 0.3) is 0 Å². The maximum Gasteiger partial charge on any atom is 0.313 e. The van der Waals surface area contributed by atoms with Crippen molar-refractivity contribution in [2.75, 3.05) is 26.2 Å². The number of carbonyl (C=O) groups is 4. The van der Waals surface area contributed by atoms with Crippen molar-refractivity contribution in [2.24, 2.45) is 17.8 Å². The van der Waals surface area contributed by atoms with Crippen LogP contribution in [0.25, 0.3) is 0 Å². The van der Waals surface area contributed by atoms with Gasteiger partial charge in [0.1, 0.15) is 29.8 Å². The molecule has 11 heteroatoms. The Morgan fingerprint density at radius 3 is 2.60 bits per heavy atom. The van der Waals surface area contributed by atoms with E-state index in [2.05, 4.69) is 28.2 Å². The van der Waals surface area contributed by atoms with Gasteiger partial charge in [0, 0.05) is 24.0 Å². The van der Waals surface area contributed by atoms with Crippen LogP contribution in [0.2, 0.25) is 0 Å². The van der Waals surface area contributed by atoms with Gasteiger partial charge in [-0.1, -0.05) is 61.7 Å². The van der Waals surface area contributed by atoms with Crippen LogP contribution < -0.4 is 5.32 Å². The number of amides is 3. The number of unbranched alkanes of at least 4 members (excludes halogenated alkanes) is 2. The summed E-state index contributed by atoms with van der Waals surface area (Å²) in [5.41, 5.74) is -1.37. The van der Waals surface area contributed by atoms with Gasteiger partial charge in [-0.05, 0) is 31.8 Å². The van der Waals surface area contributed by atoms with Crippen molar-refractivity contribution in [3.8, 4) is 0 Å². The number of aliphatic hydroxyl groups is 1. The molecule has 0 unspecified atom stereocenters. The zero-order valence-corrected chi connectivity index (χ0v) is 25.4. The molecule has 4 heterocycles. The van der Waals surface area contributed by atoms with Crippen LogP contribution in [0.4, 0.5) is 0 Å². The van der Waals surface area contributed by atoms with Crippen LogP contribution in [0.15, 0.2) is 22.7 Å². The van der Waals surface area contributed by atoms with Crippen LogP contribution in [-0.2, 0) is 28.7 Å². The molecule has 5 bridgehead atoms. The van der Waals surface area contributed by atoms with Gasteiger partial charge in [-0.2, -0.15) is 0 Å². The highest BCUT2D eigenvalue weighted by Crippen LogP contribution is 2.59. The molecule has 40 heavy (non-hydrogen) atoms. The third-order valence-electron chi connectivity index (χ3n) is 8.46. The van der Waals surface area contributed by atoms with Crippen molar-refractivity contribution in [3.63, 3.8) is 0 Å². The first-order valence-corrected chi connectivity index (χ1v) is 15.3. The van der Waals surface area contributed by atoms with E-state index in [1.165, 1.54) is 4.90 Å². The second kappa shape index (κ2) is 12.7. The molecular formula is C29H42BrN3O7. The molecule has 0 aromatic rings. The number of halogens is 1. The highest BCUT2D eigenvalue weighted by Gasteiger charge is 2.75. The monoisotopic (exact) mass is 623 g/mol. The van der Waals surface area contributed by atoms with Crippen LogP contribution in [0.5, 0.6) is 0 Å². The first-order valence-electron chi connectivity index (χ1n) is 14.5. The molecule has 1 spiro atoms. The summed E-state index contributed by atoms with van der Waals surface area (Å²) in [5.74, 6) is -3.53. The number of carbonyl (C=O) groups excluding carboxylic acids is 4. The number of fused-ring (bicyclic) bond motifs is 2. The third-order valence-corrected chi connectivity index (χ3v) is 9.14. The lowest BCUT2D eigenvalue weighted by molar-refractivity contribution is -0.159. The van der Waals surface area contributed by atoms with E-state index in [1.807, 2.05) is 26.0 Å². The second-order valence-corrected chi connectivity index (χ2v) is 12.5. The van der Waals surface area contributed by atoms with Crippen LogP contribution in [-0.4, -0.2) is 94.7 Å². The lowest BCUT2D eigenvalue weighted by Gasteiger charge is -2.40. The molecule has 0 aliphatic carbocycles. The molecule has 222 valence electrons. The van der Waals surface area contributed by atoms with Crippen molar-refractivity contribution < 1.29 is 33.8 Å². The van der Waals surface area contributed by atoms with Crippen LogP contribution in [0.3, 0.4) is 0 Å². The maximum atomic E-state index is 14.5. The average molecular weight is 625 g/mol. The summed E-state index contributed by atoms with van der Waals surface area (Å²) >= 11 is 3.55. The summed E-state index contributed by atoms with van der Waals surface area (Å²) in [5, 5.41) is 13.2. The fourth-order valence-corrected chi connectivity index (χ4v) is 7.13. The summed E-state index contributed by atoms with van der Waals surface area (Å²) in [6, 6.07) is -1.69. The Bertz CT molecular complexity index is 1060. The van der Waals surface area contributed by atoms with Gasteiger partial charge in [0.2, 0.25) is 17.7 Å². The summed E-state index contributed by atoms with van der Waals surface area (Å²) < 4.78 is 12.8. The van der Waals surface area contributed by atoms with Crippen molar-refractivity contribution in [1.82, 2.24) is 15.1 Å². The first-order chi connectivity index (χ1) is 19.1. The van der Waals surface area contributed by atoms with E-state index < -0.39 is 53.6 Å². The molecule has 4 aliphatic rings. The molecule has 0 aromatic heterocycles. The summed E-state index contributed by atoms with van der Waals surface area (Å²) in [6.07, 6.45) is 7.64. The molecule has 2 fully saturated rings. The quantitative estimate of drug-likeness (QED) is 0.253. The van der Waals surface area contributed by atoms with E-state index in [0.29, 0.717) is 24.0 Å². The van der Waals surface area contributed by atoms with Gasteiger partial charge in [-0.25, -0.2) is 0 Å². The minimum absolute atomic E-state index is 0.145. The van der Waals surface area contributed by atoms with Crippen LogP contribution in [0.1, 0.15) is 59.8 Å². The molecule has 4 aliphatic heterocycles. The number of cyclic esters (lactones) is 1. The number of allylic oxidation sites excluding steroid dienone is 1. The van der Waals surface area contributed by atoms with Gasteiger partial charge in [0.15, 0.2) is 0 Å². The smallest absolute Gasteiger partial charge is 0.313 e. The van der Waals surface area contributed by atoms with Gasteiger partial charge in [0.05, 0.1) is 25.1 Å². The maximum absolute atomic E-state index is 14.5. The topological polar surface area (TPSA) is 125 Å². The minimum atomic E-state index is -1.37. The van der Waals surface area contributed by atoms with E-state index in [4.69, 9.17) is 9.47 Å². The van der Waals surface area contributed by atoms with Gasteiger partial charge in [-0.3, -0.25) is 19.2 Å². The Kier molecular flexibility index (Phi) is 9.78. The molecule has 0 aromatic carbocycles. The van der Waals surface area contributed by atoms with E-state index >= 15 is 0 Å². The number of nitrogens with zero attached hydrogens (tertiary/aromatic N) is 2. The van der Waals surface area contributed by atoms with Gasteiger partial charge >= 0.3 is 5.97 Å². The minimum Gasteiger partial charge on any atom is -0.460 e. The number of hydrogen-bond donors (Lipinski definition) is 2. The Morgan fingerprint density at radius 1 is 1.18 bits per heavy atom. The number of hydrogen-bond acceptors (Lipinski definition) is 7. The Morgan fingerprint density at radius 2 is 1.93 bits per heavy atom. The van der Waals surface area contributed by atoms with E-state index in [-0.39, 0.29) is 37.3 Å². The van der Waals surface area contributed by atoms with Gasteiger partial charge < -0.3 is 29.7 Å². The highest BCUT2D eigenvalue weighted by molar-refractivity contribution is 9.11. The summed E-state index contributed by atoms with van der Waals surface area (Å²) in [6.45, 7) is 8.18. The average Bonchev–Trinajstić information content (AvgIpc) is 3.49. The third kappa shape index (κ3) is 5.61. The first kappa shape index (κ1) is 30.7. The van der Waals surface area contributed by atoms with Crippen molar-refractivity contribution >= 4 is 39.6 Å². The van der Waals surface area contributed by atoms with E-state index in [0.717, 1.165) is 19.3 Å². The Balaban J connectivity index is 1.81. The Labute approximate surface area is 244 Å². The number of rotatable bonds is 7. The molecule has 7 atom stereocenters. The van der Waals surface area contributed by atoms with Crippen molar-refractivity contribution in [3.05, 3.63) is 22.7 Å². The lowest BCUT2D eigenvalue weighted by atomic mass is 9.74. The fourth-order valence-electron chi connectivity index (χ4n) is 6.40. The number of ether oxygens (including phenoxy) is 2. The molecule has 3 amide bonds. The number of esters is 1. The van der Waals surface area contributed by atoms with E-state index in [1.54, 1.807) is 17.9 Å². The van der Waals surface area contributed by atoms with Gasteiger partial charge in [-0.15, -0.1) is 0 Å². The van der Waals surface area contributed by atoms with Crippen molar-refractivity contribution in [2.45, 2.75) is 89.7 Å². The summed E-state index contributed by atoms with van der Waals surface area (Å²) in [4.78, 5) is 57.9. The van der Waals surface area contributed by atoms with Crippen LogP contribution >= 0.6 is 15.9 Å². The number of aliphatic hydroxyl groups excluding tert-OH is 1. The normalized spacial score (nSPS) is 34.6. The SMILES string of the molecule is CCCCCN1C/C=C\CCC(=O)NC[C@H](C)OC(=O)[C@H]2[C@@H]3O[C@@]4(C=C3Br)[C@@H]2C(=O)N([C@@H](CO)C(C)C)[C@@H]4C1=O. The van der Waals surface area contributed by atoms with E-state index in [9.17, 15) is 24.3 Å². The molecule has 0 saturated carbocycles. The lowest BCUT2D eigenvalue weighted by Crippen LogP contribution is -2.59. The predicted molar refractivity (Wildman–Crippen MR) is 151 cm³/mol. The standard InChI is InChI=1S/C29H42BrN3O7/c1-5-6-9-12-32-13-10-7-8-11-21(35)31-15-18(4)39-28(38)22-23-26(36)33(20(16-34)17(2)3)25(27(32)37)29(23)14-19(30)24(22)40-29/h7,10,14,17-18,20,22-25,34H,5-6,8-9,11-13,15-16H2,1-4H3,(H,31,35)/b10-7-/t18-,20-,22+,23-,24+,25+,29-/m0/s1. The van der Waals surface area contributed by atoms with Crippen molar-refractivity contribution in [1.29, 1.82) is 0 Å². The summed E-state index contributed by atoms with van der Waals surface area (Å²) in [7, 11) is 0. The predicted octanol–water partition coefficient (Wildman–Crippen LogP) is 2.29. The number of likely N-dealkylation sites (tertiary alicyclic amines) is 1. The fraction of sp³-hybridized carbons (Fsp3) is 0.724. The number of nitrogens with one attached hydrogen (secondary N) is 1. The molecule has 2 saturated heterocycles. The second-order valence-electron chi connectivity index (χ2n) is 11.6. The Hall–Kier alpha value is -2.24.